The van der Waals surface area contributed by atoms with Gasteiger partial charge in [0, 0.05) is 38.6 Å². The van der Waals surface area contributed by atoms with Crippen LogP contribution in [0.4, 0.5) is 14.9 Å². The molecule has 0 unspecified atom stereocenters. The Bertz CT molecular complexity index is 717. The Balaban J connectivity index is 2.28. The maximum absolute atomic E-state index is 14.0. The summed E-state index contributed by atoms with van der Waals surface area (Å²) >= 11 is 0. The molecule has 1 heterocycles. The van der Waals surface area contributed by atoms with Crippen molar-refractivity contribution < 1.29 is 18.8 Å². The van der Waals surface area contributed by atoms with Crippen LogP contribution in [0.2, 0.25) is 0 Å². The first-order valence-corrected chi connectivity index (χ1v) is 9.28. The highest BCUT2D eigenvalue weighted by Gasteiger charge is 2.35. The van der Waals surface area contributed by atoms with Crippen LogP contribution in [0.3, 0.4) is 0 Å². The van der Waals surface area contributed by atoms with Gasteiger partial charge < -0.3 is 20.9 Å². The summed E-state index contributed by atoms with van der Waals surface area (Å²) in [5, 5.41) is 3.73. The van der Waals surface area contributed by atoms with E-state index >= 15 is 0 Å². The number of nitrogens with one attached hydrogen (secondary N) is 1. The van der Waals surface area contributed by atoms with Gasteiger partial charge in [-0.2, -0.15) is 0 Å². The van der Waals surface area contributed by atoms with Crippen molar-refractivity contribution in [1.29, 1.82) is 0 Å². The second kappa shape index (κ2) is 9.20. The van der Waals surface area contributed by atoms with Crippen LogP contribution >= 0.6 is 0 Å². The number of hydrogen-bond donors (Lipinski definition) is 2. The van der Waals surface area contributed by atoms with Crippen molar-refractivity contribution in [2.75, 3.05) is 46.6 Å². The highest BCUT2D eigenvalue weighted by molar-refractivity contribution is 5.88. The van der Waals surface area contributed by atoms with Crippen molar-refractivity contribution in [1.82, 2.24) is 20.2 Å². The van der Waals surface area contributed by atoms with Crippen LogP contribution < -0.4 is 11.1 Å². The first kappa shape index (κ1) is 21.9. The molecule has 0 bridgehead atoms. The highest BCUT2D eigenvalue weighted by atomic mass is 19.1. The van der Waals surface area contributed by atoms with Gasteiger partial charge in [0.25, 0.3) is 0 Å². The highest BCUT2D eigenvalue weighted by Crippen LogP contribution is 2.25. The third-order valence-corrected chi connectivity index (χ3v) is 5.43. The number of carbonyl (C=O) groups excluding carboxylic acids is 2. The van der Waals surface area contributed by atoms with E-state index in [0.717, 1.165) is 11.6 Å². The zero-order valence-electron chi connectivity index (χ0n) is 17.1. The molecule has 9 heteroatoms. The van der Waals surface area contributed by atoms with Gasteiger partial charge in [-0.15, -0.1) is 0 Å². The Morgan fingerprint density at radius 2 is 2.07 bits per heavy atom. The average Bonchev–Trinajstić information content (AvgIpc) is 2.68. The minimum absolute atomic E-state index is 0.0369. The van der Waals surface area contributed by atoms with Crippen LogP contribution in [-0.4, -0.2) is 79.7 Å². The van der Waals surface area contributed by atoms with Gasteiger partial charge in [-0.3, -0.25) is 9.63 Å². The van der Waals surface area contributed by atoms with Gasteiger partial charge in [-0.05, 0) is 31.7 Å². The van der Waals surface area contributed by atoms with E-state index in [0.29, 0.717) is 18.7 Å². The largest absolute Gasteiger partial charge is 0.396 e. The van der Waals surface area contributed by atoms with Gasteiger partial charge in [0.05, 0.1) is 12.8 Å². The van der Waals surface area contributed by atoms with E-state index in [4.69, 9.17) is 10.6 Å². The number of piperazine rings is 1. The number of halogens is 1. The van der Waals surface area contributed by atoms with Crippen LogP contribution in [0.15, 0.2) is 18.2 Å². The lowest BCUT2D eigenvalue weighted by Crippen LogP contribution is -2.59. The smallest absolute Gasteiger partial charge is 0.341 e. The summed E-state index contributed by atoms with van der Waals surface area (Å²) in [6.07, 6.45) is 0. The lowest BCUT2D eigenvalue weighted by atomic mass is 9.91. The number of likely N-dealkylation sites (N-methyl/N-ethyl adjacent to an activating group) is 1. The van der Waals surface area contributed by atoms with E-state index in [2.05, 4.69) is 10.2 Å². The lowest BCUT2D eigenvalue weighted by Gasteiger charge is -2.40. The summed E-state index contributed by atoms with van der Waals surface area (Å²) in [7, 11) is 4.82. The molecule has 2 rings (SSSR count). The molecule has 3 atom stereocenters. The molecule has 1 aliphatic heterocycles. The number of nitrogens with zero attached hydrogens (tertiary/aromatic N) is 3. The number of amides is 3. The zero-order chi connectivity index (χ0) is 21.0. The maximum atomic E-state index is 14.0. The Kier molecular flexibility index (Phi) is 7.20. The molecule has 1 aliphatic rings. The van der Waals surface area contributed by atoms with Gasteiger partial charge in [0.15, 0.2) is 0 Å². The maximum Gasteiger partial charge on any atom is 0.341 e. The summed E-state index contributed by atoms with van der Waals surface area (Å²) in [6, 6.07) is 3.22. The summed E-state index contributed by atoms with van der Waals surface area (Å²) in [5.74, 6) is -1.22. The lowest BCUT2D eigenvalue weighted by molar-refractivity contribution is -0.136. The van der Waals surface area contributed by atoms with E-state index in [1.807, 2.05) is 14.0 Å². The number of carbonyl (C=O) groups is 2. The molecule has 1 aromatic carbocycles. The molecule has 0 spiro atoms. The topological polar surface area (TPSA) is 91.1 Å². The monoisotopic (exact) mass is 395 g/mol. The summed E-state index contributed by atoms with van der Waals surface area (Å²) in [4.78, 5) is 34.5. The second-order valence-corrected chi connectivity index (χ2v) is 7.29. The first-order chi connectivity index (χ1) is 13.1. The third-order valence-electron chi connectivity index (χ3n) is 5.43. The number of urea groups is 1. The number of nitrogens with two attached hydrogens (primary N) is 1. The molecule has 0 aliphatic carbocycles. The molecule has 8 nitrogen and oxygen atoms in total. The number of benzene rings is 1. The first-order valence-electron chi connectivity index (χ1n) is 9.28. The molecular formula is C19H30FN5O3. The third kappa shape index (κ3) is 4.90. The molecule has 3 N–H and O–H groups in total. The Morgan fingerprint density at radius 1 is 1.39 bits per heavy atom. The van der Waals surface area contributed by atoms with Crippen LogP contribution in [0, 0.1) is 5.82 Å². The predicted molar refractivity (Wildman–Crippen MR) is 105 cm³/mol. The molecule has 0 aromatic heterocycles. The Hall–Kier alpha value is -2.39. The molecule has 1 saturated heterocycles. The Labute approximate surface area is 165 Å². The average molecular weight is 395 g/mol. The normalized spacial score (nSPS) is 19.8. The SMILES string of the molecule is CON(C)C(=O)N[C@@H](C(=O)N1CCN(C)[C@H](C)C1)[C@@H](C)c1ccc(N)c(F)c1. The second-order valence-electron chi connectivity index (χ2n) is 7.29. The van der Waals surface area contributed by atoms with Crippen LogP contribution in [0.25, 0.3) is 0 Å². The van der Waals surface area contributed by atoms with Crippen molar-refractivity contribution >= 4 is 17.6 Å². The summed E-state index contributed by atoms with van der Waals surface area (Å²) < 4.78 is 14.0. The standard InChI is InChI=1S/C19H30FN5O3/c1-12-11-25(9-8-23(12)3)18(26)17(22-19(27)24(4)28-5)13(2)14-6-7-16(21)15(20)10-14/h6-7,10,12-13,17H,8-9,11,21H2,1-5H3,(H,22,27)/t12-,13+,17-/m1/s1. The van der Waals surface area contributed by atoms with Gasteiger partial charge in [-0.1, -0.05) is 13.0 Å². The summed E-state index contributed by atoms with van der Waals surface area (Å²) in [5.41, 5.74) is 6.17. The molecular weight excluding hydrogens is 365 g/mol. The van der Waals surface area contributed by atoms with Crippen molar-refractivity contribution in [2.45, 2.75) is 31.8 Å². The van der Waals surface area contributed by atoms with Crippen molar-refractivity contribution in [3.05, 3.63) is 29.6 Å². The van der Waals surface area contributed by atoms with E-state index < -0.39 is 23.8 Å². The van der Waals surface area contributed by atoms with Crippen LogP contribution in [0.1, 0.15) is 25.3 Å². The molecule has 0 saturated carbocycles. The van der Waals surface area contributed by atoms with Crippen LogP contribution in [0.5, 0.6) is 0 Å². The van der Waals surface area contributed by atoms with Crippen molar-refractivity contribution in [3.63, 3.8) is 0 Å². The zero-order valence-corrected chi connectivity index (χ0v) is 17.1. The van der Waals surface area contributed by atoms with E-state index in [9.17, 15) is 14.0 Å². The van der Waals surface area contributed by atoms with Crippen molar-refractivity contribution in [3.8, 4) is 0 Å². The van der Waals surface area contributed by atoms with E-state index in [1.54, 1.807) is 17.9 Å². The number of anilines is 1. The van der Waals surface area contributed by atoms with E-state index in [-0.39, 0.29) is 17.6 Å². The van der Waals surface area contributed by atoms with Gasteiger partial charge in [0.1, 0.15) is 11.9 Å². The molecule has 28 heavy (non-hydrogen) atoms. The van der Waals surface area contributed by atoms with Gasteiger partial charge in [0.2, 0.25) is 5.91 Å². The minimum Gasteiger partial charge on any atom is -0.396 e. The Morgan fingerprint density at radius 3 is 2.64 bits per heavy atom. The summed E-state index contributed by atoms with van der Waals surface area (Å²) in [6.45, 7) is 5.70. The number of hydroxylamine groups is 2. The van der Waals surface area contributed by atoms with E-state index in [1.165, 1.54) is 26.3 Å². The molecule has 1 aromatic rings. The van der Waals surface area contributed by atoms with Crippen molar-refractivity contribution in [2.24, 2.45) is 0 Å². The number of nitrogen functional groups attached to an aromatic ring is 1. The molecule has 0 radical (unpaired) electrons. The molecule has 3 amide bonds. The van der Waals surface area contributed by atoms with Crippen LogP contribution in [-0.2, 0) is 9.63 Å². The van der Waals surface area contributed by atoms with Gasteiger partial charge >= 0.3 is 6.03 Å². The molecule has 156 valence electrons. The minimum atomic E-state index is -0.872. The fourth-order valence-electron chi connectivity index (χ4n) is 3.17. The predicted octanol–water partition coefficient (Wildman–Crippen LogP) is 1.25. The van der Waals surface area contributed by atoms with Gasteiger partial charge in [-0.25, -0.2) is 14.2 Å². The quantitative estimate of drug-likeness (QED) is 0.578. The fourth-order valence-corrected chi connectivity index (χ4v) is 3.17. The number of hydrogen-bond acceptors (Lipinski definition) is 5. The fraction of sp³-hybridized carbons (Fsp3) is 0.579. The number of rotatable bonds is 5. The molecule has 1 fully saturated rings.